The van der Waals surface area contributed by atoms with Crippen molar-refractivity contribution in [2.45, 2.75) is 127 Å². The third-order valence-electron chi connectivity index (χ3n) is 9.22. The van der Waals surface area contributed by atoms with Gasteiger partial charge in [0.05, 0.1) is 23.6 Å². The fourth-order valence-corrected chi connectivity index (χ4v) is 12.4. The van der Waals surface area contributed by atoms with Crippen LogP contribution in [0.1, 0.15) is 116 Å². The van der Waals surface area contributed by atoms with E-state index in [1.807, 2.05) is 86.6 Å². The van der Waals surface area contributed by atoms with Gasteiger partial charge in [0.2, 0.25) is 0 Å². The predicted octanol–water partition coefficient (Wildman–Crippen LogP) is 12.9. The molecule has 2 nitrogen and oxygen atoms in total. The second kappa shape index (κ2) is 28.2. The standard InChI is InChI=1S/C18H33P.C15H15NO.C5H5.2CH3.ClH.Fe.Pd/c1-4-10-16(11-5-1)19(17-12-6-2-7-13-17)18-14-8-3-9-15-18;1-3-17-15-10-8-14(9-11-15)16-12(2)13-6-4-5-7-13;1-2-4-5-3-1;;;;;/h16-18H,1-15H2;4-6,8-11H,3H2,1-2H3;1-5H;2*1H3;1H;;/q;-2;3*-1;;2*+2. The van der Waals surface area contributed by atoms with Crippen molar-refractivity contribution in [2.24, 2.45) is 4.99 Å². The molecule has 46 heavy (non-hydrogen) atoms. The van der Waals surface area contributed by atoms with Gasteiger partial charge in [-0.05, 0) is 108 Å². The second-order valence-electron chi connectivity index (χ2n) is 12.2. The normalized spacial score (nSPS) is 17.2. The van der Waals surface area contributed by atoms with Crippen LogP contribution in [0.4, 0.5) is 5.69 Å². The summed E-state index contributed by atoms with van der Waals surface area (Å²) in [6, 6.07) is 26.8. The maximum Gasteiger partial charge on any atom is 2.00 e. The summed E-state index contributed by atoms with van der Waals surface area (Å²) >= 11 is 2.22. The molecular weight excluding hydrogens is 739 g/mol. The van der Waals surface area contributed by atoms with E-state index in [1.165, 1.54) is 17.0 Å². The molecule has 0 atom stereocenters. The van der Waals surface area contributed by atoms with Crippen LogP contribution in [0.3, 0.4) is 0 Å². The third-order valence-corrected chi connectivity index (χ3v) is 13.8. The molecule has 262 valence electrons. The number of aliphatic imine (C=N–C) groups is 1. The third kappa shape index (κ3) is 16.6. The molecule has 3 aromatic carbocycles. The number of halogens is 1. The van der Waals surface area contributed by atoms with Crippen LogP contribution in [-0.4, -0.2) is 29.3 Å². The van der Waals surface area contributed by atoms with Crippen molar-refractivity contribution in [1.82, 2.24) is 0 Å². The molecule has 3 aliphatic carbocycles. The van der Waals surface area contributed by atoms with E-state index in [0.717, 1.165) is 22.7 Å². The van der Waals surface area contributed by atoms with Gasteiger partial charge >= 0.3 is 44.8 Å². The molecule has 0 radical (unpaired) electrons. The number of hydrogen-bond donors (Lipinski definition) is 0. The van der Waals surface area contributed by atoms with E-state index in [4.69, 9.17) is 4.74 Å². The van der Waals surface area contributed by atoms with Crippen LogP contribution in [0, 0.1) is 20.9 Å². The first-order valence-corrected chi connectivity index (χ1v) is 20.5. The number of hydrogen-bond acceptors (Lipinski definition) is 2. The van der Waals surface area contributed by atoms with E-state index >= 15 is 0 Å². The van der Waals surface area contributed by atoms with Crippen LogP contribution in [0.2, 0.25) is 0 Å². The SMILES string of the molecule is C1CCC([PH+](C2CCCCC2)C2CCCCC2)CC1.CCOc1ccc(N=C(C)c2[c-]cc[cH-]2)cc1.[CH3-].[CH3-].[Cl][Pd+].[Fe+2].c1cc[cH-]c1. The predicted molar refractivity (Wildman–Crippen MR) is 200 cm³/mol. The zero-order valence-electron chi connectivity index (χ0n) is 28.9. The molecule has 0 aliphatic heterocycles. The molecule has 0 saturated heterocycles. The zero-order chi connectivity index (χ0) is 30.5. The summed E-state index contributed by atoms with van der Waals surface area (Å²) in [7, 11) is 4.44. The van der Waals surface area contributed by atoms with Crippen molar-refractivity contribution in [3.63, 3.8) is 0 Å². The first-order valence-electron chi connectivity index (χ1n) is 16.8. The van der Waals surface area contributed by atoms with Crippen LogP contribution in [0.15, 0.2) is 77.8 Å². The molecule has 6 rings (SSSR count). The monoisotopic (exact) mass is 798 g/mol. The van der Waals surface area contributed by atoms with Gasteiger partial charge in [0.1, 0.15) is 5.75 Å². The molecule has 3 aliphatic rings. The molecule has 0 aromatic heterocycles. The van der Waals surface area contributed by atoms with E-state index in [1.54, 1.807) is 96.3 Å². The van der Waals surface area contributed by atoms with Crippen molar-refractivity contribution in [1.29, 1.82) is 0 Å². The topological polar surface area (TPSA) is 21.6 Å². The van der Waals surface area contributed by atoms with Crippen molar-refractivity contribution in [2.75, 3.05) is 6.61 Å². The van der Waals surface area contributed by atoms with Crippen LogP contribution < -0.4 is 4.74 Å². The molecule has 6 heteroatoms. The first-order chi connectivity index (χ1) is 21.2. The maximum absolute atomic E-state index is 5.38. The van der Waals surface area contributed by atoms with Crippen LogP contribution in [-0.2, 0) is 35.2 Å². The minimum Gasteiger partial charge on any atom is -0.214 e. The Morgan fingerprint density at radius 3 is 1.61 bits per heavy atom. The molecule has 0 heterocycles. The fourth-order valence-electron chi connectivity index (χ4n) is 7.22. The number of benzene rings is 1. The Labute approximate surface area is 310 Å². The zero-order valence-corrected chi connectivity index (χ0v) is 33.3. The Morgan fingerprint density at radius 1 is 0.804 bits per heavy atom. The summed E-state index contributed by atoms with van der Waals surface area (Å²) in [6.45, 7) is 4.65. The van der Waals surface area contributed by atoms with Gasteiger partial charge in [-0.15, -0.1) is 5.71 Å². The quantitative estimate of drug-likeness (QED) is 0.101. The summed E-state index contributed by atoms with van der Waals surface area (Å²) in [5.74, 6) is 0.879. The Morgan fingerprint density at radius 2 is 1.26 bits per heavy atom. The number of rotatable bonds is 7. The molecule has 3 saturated carbocycles. The van der Waals surface area contributed by atoms with E-state index in [2.05, 4.69) is 38.8 Å². The maximum atomic E-state index is 5.38. The molecule has 0 unspecified atom stereocenters. The van der Waals surface area contributed by atoms with Gasteiger partial charge in [0.15, 0.2) is 0 Å². The molecule has 0 N–H and O–H groups in total. The van der Waals surface area contributed by atoms with Crippen LogP contribution in [0.5, 0.6) is 5.75 Å². The smallest absolute Gasteiger partial charge is 0.214 e. The molecule has 3 fully saturated rings. The van der Waals surface area contributed by atoms with E-state index in [-0.39, 0.29) is 39.8 Å². The van der Waals surface area contributed by atoms with Crippen LogP contribution in [0.25, 0.3) is 0 Å². The van der Waals surface area contributed by atoms with Gasteiger partial charge in [-0.1, -0.05) is 26.2 Å². The summed E-state index contributed by atoms with van der Waals surface area (Å²) < 4.78 is 5.38. The summed E-state index contributed by atoms with van der Waals surface area (Å²) in [5.41, 5.74) is 6.62. The van der Waals surface area contributed by atoms with E-state index in [9.17, 15) is 0 Å². The number of ether oxygens (including phenoxy) is 1. The second-order valence-corrected chi connectivity index (χ2v) is 15.6. The van der Waals surface area contributed by atoms with Gasteiger partial charge in [-0.25, -0.2) is 12.1 Å². The van der Waals surface area contributed by atoms with E-state index < -0.39 is 0 Å². The summed E-state index contributed by atoms with van der Waals surface area (Å²) in [6.07, 6.45) is 23.8. The minimum atomic E-state index is -0.0465. The first kappa shape index (κ1) is 45.3. The van der Waals surface area contributed by atoms with Crippen LogP contribution >= 0.6 is 17.5 Å². The van der Waals surface area contributed by atoms with Gasteiger partial charge in [-0.3, -0.25) is 23.8 Å². The molecule has 3 aromatic rings. The number of nitrogens with zero attached hydrogens (tertiary/aromatic N) is 1. The van der Waals surface area contributed by atoms with Gasteiger partial charge in [0, 0.05) is 13.6 Å². The summed E-state index contributed by atoms with van der Waals surface area (Å²) in [4.78, 5) is 4.53. The average Bonchev–Trinajstić information content (AvgIpc) is 3.84. The fraction of sp³-hybridized carbons (Fsp3) is 0.525. The van der Waals surface area contributed by atoms with Gasteiger partial charge in [0.25, 0.3) is 0 Å². The molecule has 0 bridgehead atoms. The molecule has 0 amide bonds. The van der Waals surface area contributed by atoms with Gasteiger partial charge in [-0.2, -0.15) is 18.2 Å². The van der Waals surface area contributed by atoms with Crippen molar-refractivity contribution in [3.05, 3.63) is 99.3 Å². The average molecular weight is 800 g/mol. The molecular formula is C40H60ClFeNOPPd-. The Balaban J connectivity index is 0.000000694. The van der Waals surface area contributed by atoms with Crippen molar-refractivity contribution < 1.29 is 40.0 Å². The Bertz CT molecular complexity index is 1010. The Hall–Kier alpha value is -0.708. The largest absolute Gasteiger partial charge is 2.00 e. The van der Waals surface area contributed by atoms with Gasteiger partial charge < -0.3 is 30.6 Å². The Kier molecular flexibility index (Phi) is 27.7. The van der Waals surface area contributed by atoms with E-state index in [0.29, 0.717) is 6.61 Å². The molecule has 0 spiro atoms. The summed E-state index contributed by atoms with van der Waals surface area (Å²) in [5, 5.41) is 0. The van der Waals surface area contributed by atoms with Crippen molar-refractivity contribution >= 4 is 28.8 Å². The minimum absolute atomic E-state index is 0. The van der Waals surface area contributed by atoms with Crippen molar-refractivity contribution in [3.8, 4) is 5.75 Å².